The van der Waals surface area contributed by atoms with Gasteiger partial charge in [0.1, 0.15) is 30.1 Å². The van der Waals surface area contributed by atoms with Crippen LogP contribution in [0.15, 0.2) is 228 Å². The quantitative estimate of drug-likeness (QED) is 0.0777. The first-order valence-corrected chi connectivity index (χ1v) is 44.6. The molecule has 12 heterocycles. The van der Waals surface area contributed by atoms with Crippen LogP contribution in [0.3, 0.4) is 0 Å². The van der Waals surface area contributed by atoms with Gasteiger partial charge in [0.2, 0.25) is 0 Å². The second-order valence-electron chi connectivity index (χ2n) is 30.8. The molecule has 0 bridgehead atoms. The number of rotatable bonds is 8. The number of aryl methyl sites for hydroxylation is 7. The molecule has 115 heavy (non-hydrogen) atoms. The number of anilines is 11. The van der Waals surface area contributed by atoms with Crippen LogP contribution in [0.2, 0.25) is 0 Å². The first kappa shape index (κ1) is 81.6. The highest BCUT2D eigenvalue weighted by molar-refractivity contribution is 8.00. The summed E-state index contributed by atoms with van der Waals surface area (Å²) in [7, 11) is 3.40. The summed E-state index contributed by atoms with van der Waals surface area (Å²) in [5, 5.41) is 29.9. The van der Waals surface area contributed by atoms with E-state index in [9.17, 15) is 5.11 Å². The number of fused-ring (bicyclic) bond motifs is 8. The third-order valence-corrected chi connectivity index (χ3v) is 25.2. The Morgan fingerprint density at radius 3 is 1.43 bits per heavy atom. The van der Waals surface area contributed by atoms with Crippen LogP contribution in [-0.4, -0.2) is 135 Å². The number of benzene rings is 10. The molecule has 0 amide bonds. The summed E-state index contributed by atoms with van der Waals surface area (Å²) in [6.45, 7) is 18.7. The molecule has 1 unspecified atom stereocenters. The Balaban J connectivity index is 0.000000108. The molecule has 0 saturated carbocycles. The van der Waals surface area contributed by atoms with Crippen LogP contribution in [0.25, 0.3) is 0 Å². The molecular weight excluding hydrogens is 1460 g/mol. The predicted octanol–water partition coefficient (Wildman–Crippen LogP) is 20.3. The van der Waals surface area contributed by atoms with Gasteiger partial charge < -0.3 is 75.7 Å². The third-order valence-electron chi connectivity index (χ3n) is 23.1. The van der Waals surface area contributed by atoms with Gasteiger partial charge in [0.15, 0.2) is 0 Å². The van der Waals surface area contributed by atoms with E-state index in [0.717, 1.165) is 119 Å². The third kappa shape index (κ3) is 22.2. The van der Waals surface area contributed by atoms with E-state index in [1.807, 2.05) is 72.1 Å². The van der Waals surface area contributed by atoms with E-state index in [4.69, 9.17) is 14.2 Å². The van der Waals surface area contributed by atoms with E-state index in [1.165, 1.54) is 200 Å². The molecule has 604 valence electrons. The minimum atomic E-state index is -0.354. The Morgan fingerprint density at radius 2 is 0.835 bits per heavy atom. The number of hydrogen-bond acceptors (Lipinski definition) is 17. The monoisotopic (exact) mass is 1580 g/mol. The molecule has 22 rings (SSSR count). The van der Waals surface area contributed by atoms with Crippen molar-refractivity contribution in [3.8, 4) is 17.2 Å². The smallest absolute Gasteiger partial charge is 0.142 e. The fourth-order valence-corrected chi connectivity index (χ4v) is 19.2. The Bertz CT molecular complexity index is 4410. The fraction of sp³-hybridized carbons (Fsp3) is 0.388. The van der Waals surface area contributed by atoms with E-state index in [2.05, 4.69) is 233 Å². The summed E-state index contributed by atoms with van der Waals surface area (Å²) in [5.41, 5.74) is 26.6. The Morgan fingerprint density at radius 1 is 0.374 bits per heavy atom. The summed E-state index contributed by atoms with van der Waals surface area (Å²) in [6, 6.07) is 76.8. The van der Waals surface area contributed by atoms with Gasteiger partial charge in [-0.1, -0.05) is 135 Å². The van der Waals surface area contributed by atoms with Gasteiger partial charge in [0, 0.05) is 153 Å². The van der Waals surface area contributed by atoms with Crippen molar-refractivity contribution in [1.29, 1.82) is 0 Å². The van der Waals surface area contributed by atoms with Crippen LogP contribution in [-0.2, 0) is 51.4 Å². The molecular formula is C98H121N11O4S2. The zero-order valence-electron chi connectivity index (χ0n) is 68.1. The van der Waals surface area contributed by atoms with Crippen LogP contribution >= 0.6 is 23.5 Å². The van der Waals surface area contributed by atoms with Crippen molar-refractivity contribution >= 4 is 86.1 Å². The number of nitrogens with zero attached hydrogens (tertiary/aromatic N) is 5. The Kier molecular flexibility index (Phi) is 30.2. The molecule has 12 aliphatic heterocycles. The minimum Gasteiger partial charge on any atom is -0.497 e. The molecule has 0 radical (unpaired) electrons. The lowest BCUT2D eigenvalue weighted by molar-refractivity contribution is 0.155. The topological polar surface area (TPSA) is 136 Å². The molecule has 7 N–H and O–H groups in total. The highest BCUT2D eigenvalue weighted by Gasteiger charge is 2.27. The number of methoxy groups -OCH3 is 2. The van der Waals surface area contributed by atoms with E-state index in [-0.39, 0.29) is 6.23 Å². The summed E-state index contributed by atoms with van der Waals surface area (Å²) in [5.74, 6) is 5.04. The summed E-state index contributed by atoms with van der Waals surface area (Å²) >= 11 is 3.78. The van der Waals surface area contributed by atoms with E-state index < -0.39 is 0 Å². The lowest BCUT2D eigenvalue weighted by Gasteiger charge is -2.36. The van der Waals surface area contributed by atoms with Gasteiger partial charge in [-0.05, 0) is 244 Å². The van der Waals surface area contributed by atoms with Gasteiger partial charge in [-0.2, -0.15) is 0 Å². The van der Waals surface area contributed by atoms with Crippen LogP contribution < -0.4 is 70.6 Å². The molecule has 0 fully saturated rings. The number of aliphatic hydroxyl groups excluding tert-OH is 1. The van der Waals surface area contributed by atoms with E-state index >= 15 is 0 Å². The van der Waals surface area contributed by atoms with Crippen molar-refractivity contribution in [3.63, 3.8) is 0 Å². The SMILES string of the molecule is CCCC(O)N1CCCc2cc(OC)ccc21.COc1ccc2c(c1)CCCN2.c1cc2c3c(c1)CCCN3CCC2.c1cc2c3c(c1)CCN3CCC2.c1ccc2c(c1)CCCN2CCN1CCCc2ccccc21.c1ccc2c(c1)NCCN2.c1ccc2c(c1)NCCO2.c1ccc2c(c1)NCCS2.c1ccc2c(c1)NCS2. The zero-order chi connectivity index (χ0) is 78.6. The van der Waals surface area contributed by atoms with Crippen LogP contribution in [0.1, 0.15) is 109 Å². The molecule has 0 spiro atoms. The van der Waals surface area contributed by atoms with E-state index in [0.29, 0.717) is 0 Å². The maximum Gasteiger partial charge on any atom is 0.142 e. The number of nitrogens with one attached hydrogen (secondary N) is 6. The Hall–Kier alpha value is -9.94. The maximum absolute atomic E-state index is 10.1. The number of ether oxygens (including phenoxy) is 3. The standard InChI is InChI=1S/C20H24N2.C14H21NO2.C12H15N.C11H13N.C10H13NO.C8H10N2.C8H9NO.C8H9NS.C7H7NS/c1-3-11-19-17(7-1)9-5-13-21(19)15-16-22-14-6-10-18-8-2-4-12-20(18)22;1-3-5-14(16)15-9-4-6-11-10-12(17-2)7-8-13(11)15;1-4-10-6-2-8-13-9-3-7-11(5-1)12(10)13;1-3-9-5-2-7-12-8-6-10(4-1)11(9)12;1-12-9-4-5-10-8(7-9)3-2-6-11-10;3*1-2-4-8-7(3-1)9-5-6-10-8;1-2-4-7-6(3-1)8-5-9-7/h1-4,7-8,11-12H,5-6,9-10,13-16H2;7-8,10,14,16H,3-6,9H2,1-2H3;1,4-5H,2-3,6-9H2;1,3-4H,2,5-8H2;4-5,7,11H,2-3,6H2,1H3;1-4,9-10H,5-6H2;2*1-4,9H,5-6H2;1-4,8H,5H2. The molecule has 10 aromatic carbocycles. The largest absolute Gasteiger partial charge is 0.497 e. The minimum absolute atomic E-state index is 0.354. The van der Waals surface area contributed by atoms with Crippen molar-refractivity contribution in [2.24, 2.45) is 0 Å². The van der Waals surface area contributed by atoms with Crippen molar-refractivity contribution in [3.05, 3.63) is 263 Å². The highest BCUT2D eigenvalue weighted by Crippen LogP contribution is 2.39. The van der Waals surface area contributed by atoms with Gasteiger partial charge in [0.25, 0.3) is 0 Å². The van der Waals surface area contributed by atoms with E-state index in [1.54, 1.807) is 47.8 Å². The first-order chi connectivity index (χ1) is 56.8. The summed E-state index contributed by atoms with van der Waals surface area (Å²) < 4.78 is 15.8. The van der Waals surface area contributed by atoms with Crippen molar-refractivity contribution < 1.29 is 19.3 Å². The fourth-order valence-electron chi connectivity index (χ4n) is 17.5. The number of aliphatic hydroxyl groups is 1. The number of para-hydroxylation sites is 10. The Labute approximate surface area is 693 Å². The second-order valence-corrected chi connectivity index (χ2v) is 33.0. The van der Waals surface area contributed by atoms with Gasteiger partial charge >= 0.3 is 0 Å². The number of thioether (sulfide) groups is 2. The molecule has 0 saturated heterocycles. The molecule has 0 aliphatic carbocycles. The van der Waals surface area contributed by atoms with Crippen LogP contribution in [0, 0.1) is 0 Å². The highest BCUT2D eigenvalue weighted by atomic mass is 32.2. The zero-order valence-corrected chi connectivity index (χ0v) is 69.8. The van der Waals surface area contributed by atoms with Crippen molar-refractivity contribution in [1.82, 2.24) is 0 Å². The molecule has 0 aromatic heterocycles. The van der Waals surface area contributed by atoms with Gasteiger partial charge in [-0.25, -0.2) is 0 Å². The molecule has 10 aromatic rings. The predicted molar refractivity (Wildman–Crippen MR) is 490 cm³/mol. The summed E-state index contributed by atoms with van der Waals surface area (Å²) in [6.07, 6.45) is 20.2. The number of hydrogen-bond donors (Lipinski definition) is 7. The van der Waals surface area contributed by atoms with Gasteiger partial charge in [0.05, 0.1) is 37.2 Å². The molecule has 1 atom stereocenters. The average molecular weight is 1580 g/mol. The lowest BCUT2D eigenvalue weighted by atomic mass is 9.92. The molecule has 15 nitrogen and oxygen atoms in total. The summed E-state index contributed by atoms with van der Waals surface area (Å²) in [4.78, 5) is 15.2. The first-order valence-electron chi connectivity index (χ1n) is 42.7. The molecule has 17 heteroatoms. The second kappa shape index (κ2) is 42.6. The average Bonchev–Trinajstić information content (AvgIpc) is 1.77. The molecule has 12 aliphatic rings. The van der Waals surface area contributed by atoms with Gasteiger partial charge in [-0.15, -0.1) is 23.5 Å². The normalized spacial score (nSPS) is 16.6. The van der Waals surface area contributed by atoms with Crippen LogP contribution in [0.5, 0.6) is 17.2 Å². The van der Waals surface area contributed by atoms with Crippen molar-refractivity contribution in [2.75, 3.05) is 180 Å². The maximum atomic E-state index is 10.1. The lowest BCUT2D eigenvalue weighted by Crippen LogP contribution is -2.39. The van der Waals surface area contributed by atoms with Gasteiger partial charge in [-0.3, -0.25) is 0 Å². The van der Waals surface area contributed by atoms with Crippen LogP contribution in [0.4, 0.5) is 62.6 Å². The van der Waals surface area contributed by atoms with Crippen molar-refractivity contribution in [2.45, 2.75) is 132 Å².